The normalized spacial score (nSPS) is 13.6. The molecule has 0 heterocycles. The predicted molar refractivity (Wildman–Crippen MR) is 51.7 cm³/mol. The van der Waals surface area contributed by atoms with Crippen molar-refractivity contribution in [2.45, 2.75) is 26.2 Å². The van der Waals surface area contributed by atoms with Gasteiger partial charge in [-0.1, -0.05) is 26.0 Å². The van der Waals surface area contributed by atoms with Crippen LogP contribution < -0.4 is 0 Å². The molecule has 1 N–H and O–H groups in total. The fraction of sp³-hybridized carbons (Fsp3) is 0.455. The first kappa shape index (κ1) is 11.0. The SMILES string of the molecule is CC(C)C(c1ccc(O)cc1)C(F)F. The van der Waals surface area contributed by atoms with Crippen molar-refractivity contribution in [1.82, 2.24) is 0 Å². The summed E-state index contributed by atoms with van der Waals surface area (Å²) < 4.78 is 25.3. The third-order valence-electron chi connectivity index (χ3n) is 2.27. The maximum atomic E-state index is 12.7. The van der Waals surface area contributed by atoms with Crippen molar-refractivity contribution in [3.63, 3.8) is 0 Å². The summed E-state index contributed by atoms with van der Waals surface area (Å²) in [5, 5.41) is 9.03. The molecule has 0 saturated carbocycles. The first-order chi connectivity index (χ1) is 6.52. The summed E-state index contributed by atoms with van der Waals surface area (Å²) in [6.07, 6.45) is -2.36. The van der Waals surface area contributed by atoms with E-state index in [0.29, 0.717) is 5.56 Å². The van der Waals surface area contributed by atoms with Gasteiger partial charge in [0.1, 0.15) is 5.75 Å². The molecule has 1 aromatic carbocycles. The summed E-state index contributed by atoms with van der Waals surface area (Å²) in [5.74, 6) is -0.763. The average molecular weight is 200 g/mol. The lowest BCUT2D eigenvalue weighted by atomic mass is 9.89. The van der Waals surface area contributed by atoms with Gasteiger partial charge in [-0.05, 0) is 23.6 Å². The van der Waals surface area contributed by atoms with E-state index in [0.717, 1.165) is 0 Å². The molecule has 0 bridgehead atoms. The minimum atomic E-state index is -2.36. The molecule has 0 spiro atoms. The molecular formula is C11H14F2O. The van der Waals surface area contributed by atoms with Gasteiger partial charge < -0.3 is 5.11 Å². The maximum absolute atomic E-state index is 12.7. The van der Waals surface area contributed by atoms with E-state index in [1.807, 2.05) is 0 Å². The van der Waals surface area contributed by atoms with Gasteiger partial charge in [-0.2, -0.15) is 0 Å². The first-order valence-corrected chi connectivity index (χ1v) is 4.59. The summed E-state index contributed by atoms with van der Waals surface area (Å²) in [6.45, 7) is 3.54. The molecule has 0 aromatic heterocycles. The third-order valence-corrected chi connectivity index (χ3v) is 2.27. The number of alkyl halides is 2. The van der Waals surface area contributed by atoms with Crippen LogP contribution in [0.4, 0.5) is 8.78 Å². The van der Waals surface area contributed by atoms with Crippen LogP contribution in [-0.4, -0.2) is 11.5 Å². The van der Waals surface area contributed by atoms with Crippen molar-refractivity contribution >= 4 is 0 Å². The molecule has 0 aliphatic heterocycles. The molecule has 0 amide bonds. The van der Waals surface area contributed by atoms with Gasteiger partial charge in [0.2, 0.25) is 6.43 Å². The highest BCUT2D eigenvalue weighted by molar-refractivity contribution is 5.28. The van der Waals surface area contributed by atoms with E-state index in [1.165, 1.54) is 12.1 Å². The van der Waals surface area contributed by atoms with Gasteiger partial charge in [0.25, 0.3) is 0 Å². The quantitative estimate of drug-likeness (QED) is 0.792. The molecule has 0 aliphatic carbocycles. The Morgan fingerprint density at radius 2 is 1.57 bits per heavy atom. The Kier molecular flexibility index (Phi) is 3.44. The minimum Gasteiger partial charge on any atom is -0.508 e. The summed E-state index contributed by atoms with van der Waals surface area (Å²) in [6, 6.07) is 5.97. The van der Waals surface area contributed by atoms with E-state index < -0.39 is 12.3 Å². The molecule has 1 aromatic rings. The molecule has 1 rings (SSSR count). The largest absolute Gasteiger partial charge is 0.508 e. The number of halogens is 2. The van der Waals surface area contributed by atoms with Gasteiger partial charge in [-0.25, -0.2) is 8.78 Å². The molecule has 0 saturated heterocycles. The first-order valence-electron chi connectivity index (χ1n) is 4.59. The monoisotopic (exact) mass is 200 g/mol. The van der Waals surface area contributed by atoms with E-state index >= 15 is 0 Å². The summed E-state index contributed by atoms with van der Waals surface area (Å²) >= 11 is 0. The van der Waals surface area contributed by atoms with Gasteiger partial charge >= 0.3 is 0 Å². The van der Waals surface area contributed by atoms with Crippen LogP contribution in [0.3, 0.4) is 0 Å². The minimum absolute atomic E-state index is 0.102. The van der Waals surface area contributed by atoms with E-state index in [9.17, 15) is 8.78 Å². The summed E-state index contributed by atoms with van der Waals surface area (Å²) in [7, 11) is 0. The summed E-state index contributed by atoms with van der Waals surface area (Å²) in [4.78, 5) is 0. The second-order valence-electron chi connectivity index (χ2n) is 3.70. The van der Waals surface area contributed by atoms with Gasteiger partial charge in [0.15, 0.2) is 0 Å². The lowest BCUT2D eigenvalue weighted by Crippen LogP contribution is -2.15. The zero-order valence-corrected chi connectivity index (χ0v) is 8.24. The van der Waals surface area contributed by atoms with Crippen molar-refractivity contribution in [2.75, 3.05) is 0 Å². The van der Waals surface area contributed by atoms with Crippen LogP contribution in [0, 0.1) is 5.92 Å². The molecule has 0 aliphatic rings. The van der Waals surface area contributed by atoms with E-state index in [-0.39, 0.29) is 11.7 Å². The van der Waals surface area contributed by atoms with Crippen LogP contribution in [0.2, 0.25) is 0 Å². The number of aromatic hydroxyl groups is 1. The highest BCUT2D eigenvalue weighted by Crippen LogP contribution is 2.31. The van der Waals surface area contributed by atoms with E-state index in [1.54, 1.807) is 26.0 Å². The fourth-order valence-electron chi connectivity index (χ4n) is 1.52. The number of phenolic OH excluding ortho intramolecular Hbond substituents is 1. The van der Waals surface area contributed by atoms with Crippen LogP contribution >= 0.6 is 0 Å². The average Bonchev–Trinajstić information content (AvgIpc) is 2.07. The van der Waals surface area contributed by atoms with Crippen LogP contribution in [-0.2, 0) is 0 Å². The Hall–Kier alpha value is -1.12. The standard InChI is InChI=1S/C11H14F2O/c1-7(2)10(11(12)13)8-3-5-9(14)6-4-8/h3-7,10-11,14H,1-2H3. The van der Waals surface area contributed by atoms with Gasteiger partial charge in [-0.3, -0.25) is 0 Å². The Labute approximate surface area is 82.4 Å². The zero-order chi connectivity index (χ0) is 10.7. The van der Waals surface area contributed by atoms with Crippen LogP contribution in [0.5, 0.6) is 5.75 Å². The van der Waals surface area contributed by atoms with Gasteiger partial charge in [0.05, 0.1) is 0 Å². The van der Waals surface area contributed by atoms with Crippen LogP contribution in [0.15, 0.2) is 24.3 Å². The van der Waals surface area contributed by atoms with Gasteiger partial charge in [-0.15, -0.1) is 0 Å². The molecular weight excluding hydrogens is 186 g/mol. The summed E-state index contributed by atoms with van der Waals surface area (Å²) in [5.41, 5.74) is 0.577. The Morgan fingerprint density at radius 1 is 1.07 bits per heavy atom. The molecule has 1 atom stereocenters. The molecule has 0 radical (unpaired) electrons. The highest BCUT2D eigenvalue weighted by atomic mass is 19.3. The molecule has 0 fully saturated rings. The van der Waals surface area contributed by atoms with E-state index in [4.69, 9.17) is 5.11 Å². The molecule has 1 nitrogen and oxygen atoms in total. The van der Waals surface area contributed by atoms with Crippen molar-refractivity contribution in [3.05, 3.63) is 29.8 Å². The second kappa shape index (κ2) is 4.40. The maximum Gasteiger partial charge on any atom is 0.245 e. The zero-order valence-electron chi connectivity index (χ0n) is 8.24. The van der Waals surface area contributed by atoms with Crippen molar-refractivity contribution in [3.8, 4) is 5.75 Å². The van der Waals surface area contributed by atoms with Crippen LogP contribution in [0.1, 0.15) is 25.3 Å². The Balaban J connectivity index is 2.94. The molecule has 78 valence electrons. The molecule has 3 heteroatoms. The van der Waals surface area contributed by atoms with Crippen molar-refractivity contribution in [2.24, 2.45) is 5.92 Å². The molecule has 14 heavy (non-hydrogen) atoms. The number of rotatable bonds is 3. The van der Waals surface area contributed by atoms with E-state index in [2.05, 4.69) is 0 Å². The second-order valence-corrected chi connectivity index (χ2v) is 3.70. The highest BCUT2D eigenvalue weighted by Gasteiger charge is 2.25. The third kappa shape index (κ3) is 2.44. The smallest absolute Gasteiger partial charge is 0.245 e. The van der Waals surface area contributed by atoms with Crippen molar-refractivity contribution in [1.29, 1.82) is 0 Å². The van der Waals surface area contributed by atoms with Gasteiger partial charge in [0, 0.05) is 5.92 Å². The Bertz CT molecular complexity index is 272. The topological polar surface area (TPSA) is 20.2 Å². The molecule has 1 unspecified atom stereocenters. The number of phenols is 1. The fourth-order valence-corrected chi connectivity index (χ4v) is 1.52. The lowest BCUT2D eigenvalue weighted by Gasteiger charge is -2.20. The number of benzene rings is 1. The number of hydrogen-bond acceptors (Lipinski definition) is 1. The number of hydrogen-bond donors (Lipinski definition) is 1. The van der Waals surface area contributed by atoms with Crippen LogP contribution in [0.25, 0.3) is 0 Å². The van der Waals surface area contributed by atoms with Crippen molar-refractivity contribution < 1.29 is 13.9 Å². The predicted octanol–water partition coefficient (Wildman–Crippen LogP) is 3.40. The Morgan fingerprint density at radius 3 is 1.93 bits per heavy atom. The lowest BCUT2D eigenvalue weighted by molar-refractivity contribution is 0.0934.